The molecule has 0 radical (unpaired) electrons. The van der Waals surface area contributed by atoms with Crippen molar-refractivity contribution in [2.24, 2.45) is 0 Å². The first-order valence-corrected chi connectivity index (χ1v) is 10.7. The number of ether oxygens (including phenoxy) is 2. The van der Waals surface area contributed by atoms with E-state index in [2.05, 4.69) is 10.3 Å². The quantitative estimate of drug-likeness (QED) is 0.622. The van der Waals surface area contributed by atoms with E-state index in [0.29, 0.717) is 54.2 Å². The van der Waals surface area contributed by atoms with Gasteiger partial charge in [-0.15, -0.1) is 11.3 Å². The number of aromatic nitrogens is 1. The topological polar surface area (TPSA) is 66.9 Å². The van der Waals surface area contributed by atoms with Crippen LogP contribution in [0.4, 0.5) is 20.9 Å². The minimum absolute atomic E-state index is 0.126. The monoisotopic (exact) mass is 442 g/mol. The number of carbonyl (C=O) groups excluding carboxylic acids is 1. The van der Waals surface area contributed by atoms with Gasteiger partial charge in [0.15, 0.2) is 5.13 Å². The smallest absolute Gasteiger partial charge is 0.273 e. The zero-order valence-electron chi connectivity index (χ0n) is 17.3. The van der Waals surface area contributed by atoms with Crippen molar-refractivity contribution in [2.75, 3.05) is 50.6 Å². The molecule has 2 aromatic carbocycles. The lowest BCUT2D eigenvalue weighted by Gasteiger charge is -2.35. The average Bonchev–Trinajstić information content (AvgIpc) is 3.28. The van der Waals surface area contributed by atoms with Gasteiger partial charge < -0.3 is 24.6 Å². The first kappa shape index (κ1) is 20.9. The van der Waals surface area contributed by atoms with Crippen LogP contribution in [0.2, 0.25) is 0 Å². The third kappa shape index (κ3) is 4.56. The fourth-order valence-electron chi connectivity index (χ4n) is 3.47. The summed E-state index contributed by atoms with van der Waals surface area (Å²) in [5, 5.41) is 5.53. The summed E-state index contributed by atoms with van der Waals surface area (Å²) < 4.78 is 24.6. The fraction of sp³-hybridized carbons (Fsp3) is 0.273. The molecular formula is C22H23FN4O3S. The van der Waals surface area contributed by atoms with Crippen molar-refractivity contribution in [1.82, 2.24) is 9.88 Å². The van der Waals surface area contributed by atoms with Crippen molar-refractivity contribution < 1.29 is 18.7 Å². The number of hydrogen-bond acceptors (Lipinski definition) is 7. The van der Waals surface area contributed by atoms with Crippen LogP contribution in [-0.4, -0.2) is 56.2 Å². The van der Waals surface area contributed by atoms with Gasteiger partial charge in [-0.05, 0) is 24.3 Å². The summed E-state index contributed by atoms with van der Waals surface area (Å²) in [6, 6.07) is 12.1. The number of anilines is 3. The average molecular weight is 443 g/mol. The molecule has 0 spiro atoms. The zero-order chi connectivity index (χ0) is 21.8. The number of halogens is 1. The van der Waals surface area contributed by atoms with Crippen LogP contribution in [0.5, 0.6) is 11.5 Å². The van der Waals surface area contributed by atoms with Crippen LogP contribution < -0.4 is 19.7 Å². The van der Waals surface area contributed by atoms with E-state index in [1.54, 1.807) is 42.7 Å². The van der Waals surface area contributed by atoms with Crippen LogP contribution in [0, 0.1) is 5.82 Å². The summed E-state index contributed by atoms with van der Waals surface area (Å²) in [5.74, 6) is 0.934. The second-order valence-electron chi connectivity index (χ2n) is 6.96. The van der Waals surface area contributed by atoms with Crippen LogP contribution in [0.3, 0.4) is 0 Å². The lowest BCUT2D eigenvalue weighted by molar-refractivity contribution is 0.0741. The van der Waals surface area contributed by atoms with Crippen molar-refractivity contribution >= 4 is 33.8 Å². The maximum atomic E-state index is 14.0. The molecule has 0 unspecified atom stereocenters. The van der Waals surface area contributed by atoms with Crippen molar-refractivity contribution in [2.45, 2.75) is 0 Å². The Morgan fingerprint density at radius 2 is 1.87 bits per heavy atom. The summed E-state index contributed by atoms with van der Waals surface area (Å²) in [6.07, 6.45) is 0. The number of amides is 1. The van der Waals surface area contributed by atoms with Gasteiger partial charge in [0.1, 0.15) is 23.0 Å². The van der Waals surface area contributed by atoms with E-state index in [1.807, 2.05) is 23.1 Å². The van der Waals surface area contributed by atoms with Gasteiger partial charge in [-0.25, -0.2) is 9.37 Å². The Morgan fingerprint density at radius 1 is 1.10 bits per heavy atom. The van der Waals surface area contributed by atoms with Gasteiger partial charge in [0.05, 0.1) is 25.6 Å². The number of benzene rings is 2. The number of piperazine rings is 1. The highest BCUT2D eigenvalue weighted by atomic mass is 32.1. The predicted octanol–water partition coefficient (Wildman–Crippen LogP) is 4.01. The zero-order valence-corrected chi connectivity index (χ0v) is 18.1. The van der Waals surface area contributed by atoms with E-state index in [-0.39, 0.29) is 11.7 Å². The van der Waals surface area contributed by atoms with Gasteiger partial charge in [-0.2, -0.15) is 0 Å². The lowest BCUT2D eigenvalue weighted by Crippen LogP contribution is -2.49. The third-order valence-corrected chi connectivity index (χ3v) is 5.89. The molecule has 7 nitrogen and oxygen atoms in total. The standard InChI is InChI=1S/C22H23FN4O3S/c1-29-15-7-8-17(20(13-15)30-2)24-22-25-18(14-31-22)21(28)27-11-9-26(10-12-27)19-6-4-3-5-16(19)23/h3-8,13-14H,9-12H2,1-2H3,(H,24,25). The van der Waals surface area contributed by atoms with Gasteiger partial charge in [0, 0.05) is 37.6 Å². The van der Waals surface area contributed by atoms with Gasteiger partial charge in [0.25, 0.3) is 5.91 Å². The van der Waals surface area contributed by atoms with E-state index in [9.17, 15) is 9.18 Å². The summed E-state index contributed by atoms with van der Waals surface area (Å²) in [4.78, 5) is 21.1. The molecule has 0 aliphatic carbocycles. The van der Waals surface area contributed by atoms with E-state index in [4.69, 9.17) is 9.47 Å². The molecule has 0 bridgehead atoms. The molecule has 1 amide bonds. The van der Waals surface area contributed by atoms with Crippen LogP contribution >= 0.6 is 11.3 Å². The molecule has 1 N–H and O–H groups in total. The number of nitrogens with zero attached hydrogens (tertiary/aromatic N) is 3. The van der Waals surface area contributed by atoms with E-state index in [1.165, 1.54) is 17.4 Å². The second kappa shape index (κ2) is 9.22. The summed E-state index contributed by atoms with van der Waals surface area (Å²) >= 11 is 1.35. The molecule has 0 atom stereocenters. The minimum Gasteiger partial charge on any atom is -0.497 e. The van der Waals surface area contributed by atoms with Crippen LogP contribution in [0.15, 0.2) is 47.8 Å². The molecule has 1 saturated heterocycles. The summed E-state index contributed by atoms with van der Waals surface area (Å²) in [7, 11) is 3.18. The first-order valence-electron chi connectivity index (χ1n) is 9.82. The van der Waals surface area contributed by atoms with E-state index < -0.39 is 0 Å². The maximum absolute atomic E-state index is 14.0. The van der Waals surface area contributed by atoms with E-state index >= 15 is 0 Å². The van der Waals surface area contributed by atoms with Gasteiger partial charge in [-0.1, -0.05) is 12.1 Å². The number of hydrogen-bond donors (Lipinski definition) is 1. The highest BCUT2D eigenvalue weighted by Gasteiger charge is 2.25. The molecule has 9 heteroatoms. The van der Waals surface area contributed by atoms with Crippen molar-refractivity contribution in [3.63, 3.8) is 0 Å². The van der Waals surface area contributed by atoms with Crippen molar-refractivity contribution in [3.05, 3.63) is 59.4 Å². The molecule has 2 heterocycles. The van der Waals surface area contributed by atoms with Crippen LogP contribution in [-0.2, 0) is 0 Å². The summed E-state index contributed by atoms with van der Waals surface area (Å²) in [6.45, 7) is 2.18. The SMILES string of the molecule is COc1ccc(Nc2nc(C(=O)N3CCN(c4ccccc4F)CC3)cs2)c(OC)c1. The molecule has 31 heavy (non-hydrogen) atoms. The second-order valence-corrected chi connectivity index (χ2v) is 7.82. The van der Waals surface area contributed by atoms with Crippen LogP contribution in [0.25, 0.3) is 0 Å². The molecule has 162 valence electrons. The Labute approximate surface area is 184 Å². The fourth-order valence-corrected chi connectivity index (χ4v) is 4.16. The molecule has 4 rings (SSSR count). The predicted molar refractivity (Wildman–Crippen MR) is 119 cm³/mol. The number of carbonyl (C=O) groups is 1. The van der Waals surface area contributed by atoms with Gasteiger partial charge >= 0.3 is 0 Å². The minimum atomic E-state index is -0.244. The Kier molecular flexibility index (Phi) is 6.22. The van der Waals surface area contributed by atoms with E-state index in [0.717, 1.165) is 5.69 Å². The van der Waals surface area contributed by atoms with Gasteiger partial charge in [-0.3, -0.25) is 4.79 Å². The van der Waals surface area contributed by atoms with Gasteiger partial charge in [0.2, 0.25) is 0 Å². The largest absolute Gasteiger partial charge is 0.497 e. The molecule has 1 fully saturated rings. The van der Waals surface area contributed by atoms with Crippen molar-refractivity contribution in [1.29, 1.82) is 0 Å². The number of para-hydroxylation sites is 1. The highest BCUT2D eigenvalue weighted by Crippen LogP contribution is 2.32. The molecule has 1 aliphatic heterocycles. The Hall–Kier alpha value is -3.33. The maximum Gasteiger partial charge on any atom is 0.273 e. The molecular weight excluding hydrogens is 419 g/mol. The normalized spacial score (nSPS) is 13.8. The number of methoxy groups -OCH3 is 2. The molecule has 1 aliphatic rings. The first-order chi connectivity index (χ1) is 15.1. The number of thiazole rings is 1. The Balaban J connectivity index is 1.39. The Morgan fingerprint density at radius 3 is 2.58 bits per heavy atom. The lowest BCUT2D eigenvalue weighted by atomic mass is 10.2. The molecule has 3 aromatic rings. The Bertz CT molecular complexity index is 1070. The summed E-state index contributed by atoms with van der Waals surface area (Å²) in [5.41, 5.74) is 1.69. The van der Waals surface area contributed by atoms with Crippen LogP contribution in [0.1, 0.15) is 10.5 Å². The number of rotatable bonds is 6. The number of nitrogens with one attached hydrogen (secondary N) is 1. The molecule has 0 saturated carbocycles. The highest BCUT2D eigenvalue weighted by molar-refractivity contribution is 7.14. The van der Waals surface area contributed by atoms with Crippen molar-refractivity contribution in [3.8, 4) is 11.5 Å². The third-order valence-electron chi connectivity index (χ3n) is 5.13. The molecule has 1 aromatic heterocycles.